The van der Waals surface area contributed by atoms with Crippen LogP contribution < -0.4 is 5.73 Å². The molecule has 1 aliphatic rings. The Balaban J connectivity index is 1.50. The second-order valence-electron chi connectivity index (χ2n) is 9.32. The van der Waals surface area contributed by atoms with Gasteiger partial charge < -0.3 is 20.3 Å². The van der Waals surface area contributed by atoms with Crippen LogP contribution in [-0.4, -0.2) is 82.6 Å². The van der Waals surface area contributed by atoms with Crippen molar-refractivity contribution in [3.63, 3.8) is 0 Å². The van der Waals surface area contributed by atoms with Crippen LogP contribution in [0.25, 0.3) is 22.2 Å². The molecular weight excluding hydrogens is 605 g/mol. The first-order valence-corrected chi connectivity index (χ1v) is 14.1. The number of pyridine rings is 1. The van der Waals surface area contributed by atoms with E-state index in [0.717, 1.165) is 34.0 Å². The number of ether oxygens (including phenoxy) is 1. The number of nitrogens with two attached hydrogens (primary N) is 1. The minimum Gasteiger partial charge on any atom is -0.449 e. The fourth-order valence-corrected chi connectivity index (χ4v) is 4.89. The summed E-state index contributed by atoms with van der Waals surface area (Å²) in [6.07, 6.45) is -0.264. The van der Waals surface area contributed by atoms with Gasteiger partial charge in [0.05, 0.1) is 29.4 Å². The molecule has 1 atom stereocenters. The summed E-state index contributed by atoms with van der Waals surface area (Å²) in [4.78, 5) is 35.7. The van der Waals surface area contributed by atoms with Crippen molar-refractivity contribution in [1.82, 2.24) is 19.7 Å². The van der Waals surface area contributed by atoms with Crippen LogP contribution in [0.1, 0.15) is 22.3 Å². The lowest BCUT2D eigenvalue weighted by Gasteiger charge is -2.38. The van der Waals surface area contributed by atoms with Crippen molar-refractivity contribution in [1.29, 1.82) is 0 Å². The number of carbonyl (C=O) groups is 2. The lowest BCUT2D eigenvalue weighted by molar-refractivity contribution is 0.0391. The van der Waals surface area contributed by atoms with E-state index >= 15 is 0 Å². The highest BCUT2D eigenvalue weighted by Gasteiger charge is 2.31. The molecular formula is C27H31ClIN5O3. The van der Waals surface area contributed by atoms with E-state index in [-0.39, 0.29) is 12.5 Å². The fourth-order valence-electron chi connectivity index (χ4n) is 4.31. The number of benzene rings is 2. The van der Waals surface area contributed by atoms with Gasteiger partial charge in [-0.2, -0.15) is 0 Å². The summed E-state index contributed by atoms with van der Waals surface area (Å²) in [5.74, 6) is -0.161. The minimum atomic E-state index is -0.625. The zero-order chi connectivity index (χ0) is 26.5. The quantitative estimate of drug-likeness (QED) is 0.232. The van der Waals surface area contributed by atoms with Gasteiger partial charge in [0.15, 0.2) is 0 Å². The Morgan fingerprint density at radius 2 is 1.92 bits per heavy atom. The number of piperazine rings is 1. The van der Waals surface area contributed by atoms with E-state index in [1.165, 1.54) is 10.5 Å². The normalized spacial score (nSPS) is 15.9. The summed E-state index contributed by atoms with van der Waals surface area (Å²) in [7, 11) is 4.07. The highest BCUT2D eigenvalue weighted by Crippen LogP contribution is 2.29. The molecule has 4 rings (SSSR count). The minimum absolute atomic E-state index is 0.161. The molecule has 0 aliphatic carbocycles. The summed E-state index contributed by atoms with van der Waals surface area (Å²) >= 11 is 8.83. The number of amides is 2. The molecule has 2 N–H and O–H groups in total. The molecule has 2 amide bonds. The van der Waals surface area contributed by atoms with Gasteiger partial charge in [-0.1, -0.05) is 64.5 Å². The molecule has 8 nitrogen and oxygen atoms in total. The molecule has 1 aromatic heterocycles. The summed E-state index contributed by atoms with van der Waals surface area (Å²) in [6.45, 7) is 2.14. The maximum atomic E-state index is 13.3. The van der Waals surface area contributed by atoms with E-state index in [2.05, 4.69) is 39.6 Å². The van der Waals surface area contributed by atoms with Crippen molar-refractivity contribution in [2.24, 2.45) is 5.73 Å². The molecule has 3 aromatic rings. The van der Waals surface area contributed by atoms with Crippen molar-refractivity contribution in [3.8, 4) is 11.3 Å². The van der Waals surface area contributed by atoms with Gasteiger partial charge in [0.2, 0.25) is 0 Å². The van der Waals surface area contributed by atoms with Crippen LogP contribution in [0, 0.1) is 0 Å². The molecule has 1 aliphatic heterocycles. The summed E-state index contributed by atoms with van der Waals surface area (Å²) in [5, 5.41) is 1.36. The largest absolute Gasteiger partial charge is 0.449 e. The van der Waals surface area contributed by atoms with Gasteiger partial charge in [-0.25, -0.2) is 9.78 Å². The molecule has 2 aromatic carbocycles. The average molecular weight is 636 g/mol. The van der Waals surface area contributed by atoms with Gasteiger partial charge >= 0.3 is 6.09 Å². The lowest BCUT2D eigenvalue weighted by atomic mass is 10.1. The number of halogens is 2. The summed E-state index contributed by atoms with van der Waals surface area (Å²) in [5.41, 5.74) is 10.3. The third-order valence-corrected chi connectivity index (χ3v) is 7.27. The van der Waals surface area contributed by atoms with Crippen LogP contribution >= 0.6 is 34.2 Å². The third-order valence-electron chi connectivity index (χ3n) is 6.20. The third kappa shape index (κ3) is 6.70. The molecule has 0 spiro atoms. The molecule has 0 unspecified atom stereocenters. The molecule has 1 fully saturated rings. The number of aromatic nitrogens is 1. The van der Waals surface area contributed by atoms with E-state index in [1.54, 1.807) is 17.0 Å². The number of fused-ring (bicyclic) bond motifs is 1. The number of alkyl halides is 1. The Morgan fingerprint density at radius 3 is 2.59 bits per heavy atom. The molecule has 10 heteroatoms. The van der Waals surface area contributed by atoms with Gasteiger partial charge in [-0.05, 0) is 44.3 Å². The molecule has 2 heterocycles. The monoisotopic (exact) mass is 635 g/mol. The van der Waals surface area contributed by atoms with Crippen molar-refractivity contribution in [3.05, 3.63) is 64.7 Å². The molecule has 0 bridgehead atoms. The number of rotatable bonds is 7. The van der Waals surface area contributed by atoms with E-state index in [0.29, 0.717) is 35.8 Å². The first-order valence-electron chi connectivity index (χ1n) is 12.2. The molecule has 37 heavy (non-hydrogen) atoms. The van der Waals surface area contributed by atoms with E-state index < -0.39 is 12.3 Å². The Labute approximate surface area is 235 Å². The zero-order valence-electron chi connectivity index (χ0n) is 21.0. The van der Waals surface area contributed by atoms with Gasteiger partial charge in [-0.3, -0.25) is 9.69 Å². The molecule has 0 saturated carbocycles. The van der Waals surface area contributed by atoms with Gasteiger partial charge in [-0.15, -0.1) is 0 Å². The number of nitrogens with zero attached hydrogens (tertiary/aromatic N) is 4. The van der Waals surface area contributed by atoms with E-state index in [9.17, 15) is 9.59 Å². The SMILES string of the molecule is CN(C)Cc1ccc(-c2cc(Cl)c3ccc(C(=O)N4CCN(C(=O)OCCCI)[C@H](N)C4)cc3n2)cc1. The smallest absolute Gasteiger partial charge is 0.411 e. The summed E-state index contributed by atoms with van der Waals surface area (Å²) < 4.78 is 6.19. The van der Waals surface area contributed by atoms with E-state index in [4.69, 9.17) is 27.1 Å². The molecule has 196 valence electrons. The molecule has 1 saturated heterocycles. The second kappa shape index (κ2) is 12.4. The predicted molar refractivity (Wildman–Crippen MR) is 155 cm³/mol. The number of hydrogen-bond donors (Lipinski definition) is 1. The van der Waals surface area contributed by atoms with Crippen LogP contribution in [0.3, 0.4) is 0 Å². The van der Waals surface area contributed by atoms with Crippen LogP contribution in [0.4, 0.5) is 4.79 Å². The number of carbonyl (C=O) groups excluding carboxylic acids is 2. The van der Waals surface area contributed by atoms with E-state index in [1.807, 2.05) is 38.4 Å². The van der Waals surface area contributed by atoms with Gasteiger partial charge in [0.1, 0.15) is 6.17 Å². The highest BCUT2D eigenvalue weighted by atomic mass is 127. The van der Waals surface area contributed by atoms with Crippen molar-refractivity contribution < 1.29 is 14.3 Å². The van der Waals surface area contributed by atoms with Crippen molar-refractivity contribution in [2.75, 3.05) is 44.8 Å². The number of hydrogen-bond acceptors (Lipinski definition) is 6. The summed E-state index contributed by atoms with van der Waals surface area (Å²) in [6, 6.07) is 15.4. The fraction of sp³-hybridized carbons (Fsp3) is 0.370. The van der Waals surface area contributed by atoms with Crippen LogP contribution in [0.15, 0.2) is 48.5 Å². The Hall–Kier alpha value is -2.47. The lowest BCUT2D eigenvalue weighted by Crippen LogP contribution is -2.60. The second-order valence-corrected chi connectivity index (χ2v) is 10.8. The maximum absolute atomic E-state index is 13.3. The van der Waals surface area contributed by atoms with Crippen LogP contribution in [0.2, 0.25) is 5.02 Å². The topological polar surface area (TPSA) is 92.0 Å². The first kappa shape index (κ1) is 27.6. The van der Waals surface area contributed by atoms with Gasteiger partial charge in [0, 0.05) is 40.6 Å². The van der Waals surface area contributed by atoms with Gasteiger partial charge in [0.25, 0.3) is 5.91 Å². The van der Waals surface area contributed by atoms with Crippen LogP contribution in [-0.2, 0) is 11.3 Å². The Bertz CT molecular complexity index is 1270. The van der Waals surface area contributed by atoms with Crippen molar-refractivity contribution >= 4 is 57.1 Å². The van der Waals surface area contributed by atoms with Crippen molar-refractivity contribution in [2.45, 2.75) is 19.1 Å². The standard InChI is InChI=1S/C27H31ClIN5O3/c1-32(2)16-18-4-6-19(7-5-18)23-15-22(28)21-9-8-20(14-24(21)31-23)26(35)33-11-12-34(25(30)17-33)27(36)37-13-3-10-29/h4-9,14-15,25H,3,10-13,16-17,30H2,1-2H3/t25-/m0/s1. The zero-order valence-corrected chi connectivity index (χ0v) is 23.9. The maximum Gasteiger partial charge on any atom is 0.411 e. The Morgan fingerprint density at radius 1 is 1.16 bits per heavy atom. The molecule has 0 radical (unpaired) electrons. The highest BCUT2D eigenvalue weighted by molar-refractivity contribution is 14.1. The van der Waals surface area contributed by atoms with Crippen LogP contribution in [0.5, 0.6) is 0 Å². The predicted octanol–water partition coefficient (Wildman–Crippen LogP) is 4.62. The first-order chi connectivity index (χ1) is 17.8. The average Bonchev–Trinajstić information content (AvgIpc) is 2.88. The Kier molecular flexibility index (Phi) is 9.22.